The van der Waals surface area contributed by atoms with E-state index in [0.29, 0.717) is 5.75 Å². The molecule has 1 saturated heterocycles. The van der Waals surface area contributed by atoms with Gasteiger partial charge in [0.15, 0.2) is 11.5 Å². The van der Waals surface area contributed by atoms with Crippen LogP contribution in [0.5, 0.6) is 17.2 Å². The van der Waals surface area contributed by atoms with Crippen molar-refractivity contribution in [2.75, 3.05) is 52.4 Å². The van der Waals surface area contributed by atoms with Gasteiger partial charge in [-0.25, -0.2) is 0 Å². The summed E-state index contributed by atoms with van der Waals surface area (Å²) < 4.78 is 16.4. The van der Waals surface area contributed by atoms with Crippen LogP contribution in [-0.2, 0) is 6.54 Å². The Morgan fingerprint density at radius 3 is 2.04 bits per heavy atom. The van der Waals surface area contributed by atoms with Crippen LogP contribution in [0.2, 0.25) is 0 Å². The fourth-order valence-corrected chi connectivity index (χ4v) is 3.66. The Balaban J connectivity index is 1.69. The molecular formula is C22H30N2O3. The van der Waals surface area contributed by atoms with Gasteiger partial charge >= 0.3 is 0 Å². The average Bonchev–Trinajstić information content (AvgIpc) is 2.70. The zero-order valence-electron chi connectivity index (χ0n) is 17.0. The molecule has 27 heavy (non-hydrogen) atoms. The molecule has 1 heterocycles. The monoisotopic (exact) mass is 370 g/mol. The Hall–Kier alpha value is -2.40. The maximum Gasteiger partial charge on any atom is 0.164 e. The van der Waals surface area contributed by atoms with Gasteiger partial charge in [-0.05, 0) is 37.1 Å². The molecule has 146 valence electrons. The fourth-order valence-electron chi connectivity index (χ4n) is 3.66. The first kappa shape index (κ1) is 19.4. The lowest BCUT2D eigenvalue weighted by molar-refractivity contribution is 0.245. The first-order valence-corrected chi connectivity index (χ1v) is 9.39. The van der Waals surface area contributed by atoms with Crippen LogP contribution >= 0.6 is 0 Å². The third-order valence-electron chi connectivity index (χ3n) is 5.26. The van der Waals surface area contributed by atoms with Crippen LogP contribution in [0, 0.1) is 13.8 Å². The van der Waals surface area contributed by atoms with Gasteiger partial charge < -0.3 is 19.1 Å². The minimum Gasteiger partial charge on any atom is -0.496 e. The van der Waals surface area contributed by atoms with E-state index in [-0.39, 0.29) is 0 Å². The Bertz CT molecular complexity index is 783. The predicted octanol–water partition coefficient (Wildman–Crippen LogP) is 3.65. The van der Waals surface area contributed by atoms with Crippen LogP contribution in [-0.4, -0.2) is 52.4 Å². The number of methoxy groups -OCH3 is 3. The summed E-state index contributed by atoms with van der Waals surface area (Å²) >= 11 is 0. The molecule has 2 aromatic rings. The molecule has 0 unspecified atom stereocenters. The molecule has 0 N–H and O–H groups in total. The third kappa shape index (κ3) is 4.30. The maximum atomic E-state index is 5.58. The number of anilines is 1. The van der Waals surface area contributed by atoms with E-state index >= 15 is 0 Å². The van der Waals surface area contributed by atoms with Crippen LogP contribution < -0.4 is 19.1 Å². The second kappa shape index (κ2) is 8.53. The number of nitrogens with zero attached hydrogens (tertiary/aromatic N) is 2. The molecule has 3 rings (SSSR count). The van der Waals surface area contributed by atoms with E-state index < -0.39 is 0 Å². The number of piperazine rings is 1. The van der Waals surface area contributed by atoms with E-state index in [2.05, 4.69) is 41.8 Å². The van der Waals surface area contributed by atoms with Crippen LogP contribution in [0.15, 0.2) is 30.3 Å². The number of aryl methyl sites for hydroxylation is 2. The molecule has 1 aliphatic rings. The van der Waals surface area contributed by atoms with Crippen molar-refractivity contribution in [1.82, 2.24) is 4.90 Å². The van der Waals surface area contributed by atoms with E-state index in [4.69, 9.17) is 14.2 Å². The quantitative estimate of drug-likeness (QED) is 0.775. The predicted molar refractivity (Wildman–Crippen MR) is 110 cm³/mol. The molecule has 2 aromatic carbocycles. The summed E-state index contributed by atoms with van der Waals surface area (Å²) in [5.41, 5.74) is 5.14. The summed E-state index contributed by atoms with van der Waals surface area (Å²) in [6.07, 6.45) is 0. The molecule has 0 radical (unpaired) electrons. The molecule has 5 nitrogen and oxygen atoms in total. The van der Waals surface area contributed by atoms with Gasteiger partial charge in [0.2, 0.25) is 0 Å². The van der Waals surface area contributed by atoms with Gasteiger partial charge in [0.05, 0.1) is 21.3 Å². The van der Waals surface area contributed by atoms with Gasteiger partial charge in [-0.15, -0.1) is 0 Å². The van der Waals surface area contributed by atoms with Crippen LogP contribution in [0.4, 0.5) is 5.69 Å². The van der Waals surface area contributed by atoms with Crippen molar-refractivity contribution in [1.29, 1.82) is 0 Å². The number of benzene rings is 2. The summed E-state index contributed by atoms with van der Waals surface area (Å²) in [7, 11) is 5.00. The zero-order valence-corrected chi connectivity index (χ0v) is 17.0. The fraction of sp³-hybridized carbons (Fsp3) is 0.455. The number of hydrogen-bond donors (Lipinski definition) is 0. The van der Waals surface area contributed by atoms with Gasteiger partial charge in [0.25, 0.3) is 0 Å². The summed E-state index contributed by atoms with van der Waals surface area (Å²) in [6, 6.07) is 10.6. The molecule has 1 fully saturated rings. The van der Waals surface area contributed by atoms with E-state index in [1.165, 1.54) is 16.8 Å². The Labute approximate surface area is 162 Å². The van der Waals surface area contributed by atoms with Crippen LogP contribution in [0.3, 0.4) is 0 Å². The summed E-state index contributed by atoms with van der Waals surface area (Å²) in [5.74, 6) is 2.27. The molecule has 0 amide bonds. The molecular weight excluding hydrogens is 340 g/mol. The molecule has 0 aliphatic carbocycles. The van der Waals surface area contributed by atoms with E-state index in [9.17, 15) is 0 Å². The summed E-state index contributed by atoms with van der Waals surface area (Å²) in [4.78, 5) is 4.95. The molecule has 0 saturated carbocycles. The molecule has 0 atom stereocenters. The number of ether oxygens (including phenoxy) is 3. The van der Waals surface area contributed by atoms with Gasteiger partial charge in [0, 0.05) is 50.0 Å². The normalized spacial score (nSPS) is 14.9. The molecule has 0 aromatic heterocycles. The average molecular weight is 370 g/mol. The molecule has 1 aliphatic heterocycles. The van der Waals surface area contributed by atoms with Gasteiger partial charge in [-0.3, -0.25) is 4.90 Å². The van der Waals surface area contributed by atoms with E-state index in [1.807, 2.05) is 12.1 Å². The summed E-state index contributed by atoms with van der Waals surface area (Å²) in [6.45, 7) is 9.28. The Morgan fingerprint density at radius 2 is 1.41 bits per heavy atom. The largest absolute Gasteiger partial charge is 0.496 e. The van der Waals surface area contributed by atoms with Crippen molar-refractivity contribution in [3.05, 3.63) is 47.0 Å². The highest BCUT2D eigenvalue weighted by atomic mass is 16.5. The second-order valence-corrected chi connectivity index (χ2v) is 7.07. The number of hydrogen-bond acceptors (Lipinski definition) is 5. The minimum atomic E-state index is 0.692. The third-order valence-corrected chi connectivity index (χ3v) is 5.26. The lowest BCUT2D eigenvalue weighted by Crippen LogP contribution is -2.46. The van der Waals surface area contributed by atoms with Crippen molar-refractivity contribution in [3.8, 4) is 17.2 Å². The first-order valence-electron chi connectivity index (χ1n) is 9.39. The maximum absolute atomic E-state index is 5.58. The van der Waals surface area contributed by atoms with Crippen LogP contribution in [0.1, 0.15) is 16.7 Å². The highest BCUT2D eigenvalue weighted by Gasteiger charge is 2.21. The molecule has 5 heteroatoms. The molecule has 0 bridgehead atoms. The van der Waals surface area contributed by atoms with Crippen molar-refractivity contribution in [2.24, 2.45) is 0 Å². The van der Waals surface area contributed by atoms with Crippen molar-refractivity contribution >= 4 is 5.69 Å². The van der Waals surface area contributed by atoms with E-state index in [0.717, 1.165) is 49.8 Å². The Kier molecular flexibility index (Phi) is 6.11. The van der Waals surface area contributed by atoms with Crippen molar-refractivity contribution in [3.63, 3.8) is 0 Å². The van der Waals surface area contributed by atoms with E-state index in [1.54, 1.807) is 21.3 Å². The standard InChI is InChI=1S/C22H30N2O3/c1-16-6-7-17(2)19(12-16)24-10-8-23(9-11-24)15-18-13-21(26-4)22(27-5)14-20(18)25-3/h6-7,12-14H,8-11,15H2,1-5H3. The lowest BCUT2D eigenvalue weighted by atomic mass is 10.1. The highest BCUT2D eigenvalue weighted by Crippen LogP contribution is 2.35. The van der Waals surface area contributed by atoms with Gasteiger partial charge in [0.1, 0.15) is 5.75 Å². The van der Waals surface area contributed by atoms with Gasteiger partial charge in [-0.1, -0.05) is 12.1 Å². The highest BCUT2D eigenvalue weighted by molar-refractivity contribution is 5.55. The van der Waals surface area contributed by atoms with Crippen molar-refractivity contribution in [2.45, 2.75) is 20.4 Å². The minimum absolute atomic E-state index is 0.692. The van der Waals surface area contributed by atoms with Crippen LogP contribution in [0.25, 0.3) is 0 Å². The zero-order chi connectivity index (χ0) is 19.4. The molecule has 0 spiro atoms. The van der Waals surface area contributed by atoms with Crippen molar-refractivity contribution < 1.29 is 14.2 Å². The topological polar surface area (TPSA) is 34.2 Å². The lowest BCUT2D eigenvalue weighted by Gasteiger charge is -2.37. The first-order chi connectivity index (χ1) is 13.0. The Morgan fingerprint density at radius 1 is 0.778 bits per heavy atom. The summed E-state index contributed by atoms with van der Waals surface area (Å²) in [5, 5.41) is 0. The smallest absolute Gasteiger partial charge is 0.164 e. The second-order valence-electron chi connectivity index (χ2n) is 7.07. The number of rotatable bonds is 6. The van der Waals surface area contributed by atoms with Gasteiger partial charge in [-0.2, -0.15) is 0 Å². The SMILES string of the molecule is COc1cc(OC)c(OC)cc1CN1CCN(c2cc(C)ccc2C)CC1.